The number of carbonyl (C=O) groups excluding carboxylic acids is 1. The van der Waals surface area contributed by atoms with Gasteiger partial charge in [-0.25, -0.2) is 4.98 Å². The lowest BCUT2D eigenvalue weighted by atomic mass is 9.90. The van der Waals surface area contributed by atoms with Crippen LogP contribution in [0.4, 0.5) is 0 Å². The van der Waals surface area contributed by atoms with E-state index in [1.807, 2.05) is 29.3 Å². The monoisotopic (exact) mass is 364 g/mol. The summed E-state index contributed by atoms with van der Waals surface area (Å²) in [4.78, 5) is 21.1. The minimum atomic E-state index is -0.403. The van der Waals surface area contributed by atoms with E-state index in [0.29, 0.717) is 19.0 Å². The Morgan fingerprint density at radius 1 is 1.38 bits per heavy atom. The van der Waals surface area contributed by atoms with Gasteiger partial charge in [-0.15, -0.1) is 22.7 Å². The number of rotatable bonds is 4. The normalized spacial score (nSPS) is 17.5. The Morgan fingerprint density at radius 2 is 2.08 bits per heavy atom. The molecule has 1 N–H and O–H groups in total. The van der Waals surface area contributed by atoms with Crippen molar-refractivity contribution in [3.05, 3.63) is 38.0 Å². The first kappa shape index (κ1) is 17.6. The Morgan fingerprint density at radius 3 is 2.62 bits per heavy atom. The average Bonchev–Trinajstić information content (AvgIpc) is 3.23. The summed E-state index contributed by atoms with van der Waals surface area (Å²) in [6, 6.07) is 3.96. The Kier molecular flexibility index (Phi) is 5.37. The lowest BCUT2D eigenvalue weighted by Crippen LogP contribution is -2.39. The second-order valence-electron chi connectivity index (χ2n) is 6.71. The molecule has 130 valence electrons. The number of aliphatic hydroxyl groups excluding tert-OH is 1. The zero-order valence-corrected chi connectivity index (χ0v) is 16.0. The van der Waals surface area contributed by atoms with Crippen molar-refractivity contribution in [2.45, 2.75) is 45.6 Å². The quantitative estimate of drug-likeness (QED) is 0.883. The van der Waals surface area contributed by atoms with Gasteiger partial charge < -0.3 is 10.0 Å². The highest BCUT2D eigenvalue weighted by molar-refractivity contribution is 7.13. The van der Waals surface area contributed by atoms with Crippen LogP contribution in [0.3, 0.4) is 0 Å². The van der Waals surface area contributed by atoms with E-state index in [1.165, 1.54) is 11.3 Å². The van der Waals surface area contributed by atoms with Gasteiger partial charge in [0.1, 0.15) is 4.88 Å². The number of hydrogen-bond donors (Lipinski definition) is 1. The molecular formula is C18H24N2O2S2. The number of aliphatic hydroxyl groups is 1. The van der Waals surface area contributed by atoms with Crippen molar-refractivity contribution < 1.29 is 9.90 Å². The van der Waals surface area contributed by atoms with Crippen LogP contribution in [0.2, 0.25) is 0 Å². The molecule has 2 aromatic heterocycles. The van der Waals surface area contributed by atoms with Crippen molar-refractivity contribution in [2.75, 3.05) is 13.1 Å². The van der Waals surface area contributed by atoms with E-state index in [1.54, 1.807) is 11.3 Å². The number of thiophene rings is 1. The second kappa shape index (κ2) is 7.33. The van der Waals surface area contributed by atoms with Crippen molar-refractivity contribution in [2.24, 2.45) is 5.92 Å². The molecule has 0 bridgehead atoms. The van der Waals surface area contributed by atoms with Crippen molar-refractivity contribution in [1.29, 1.82) is 0 Å². The number of likely N-dealkylation sites (tertiary alicyclic amines) is 1. The van der Waals surface area contributed by atoms with Crippen LogP contribution < -0.4 is 0 Å². The number of hydrogen-bond acceptors (Lipinski definition) is 5. The third kappa shape index (κ3) is 3.55. The smallest absolute Gasteiger partial charge is 0.265 e. The van der Waals surface area contributed by atoms with Gasteiger partial charge in [0.2, 0.25) is 0 Å². The van der Waals surface area contributed by atoms with Gasteiger partial charge in [0.05, 0.1) is 16.8 Å². The standard InChI is InChI=1S/C18H24N2O2S2/c1-11(2)17-19-12(3)16(24-17)18(22)20-8-6-13(7-9-20)15(21)14-5-4-10-23-14/h4-5,10-11,13,15,21H,6-9H2,1-3H3/t15-/m1/s1. The fourth-order valence-electron chi connectivity index (χ4n) is 3.12. The fraction of sp³-hybridized carbons (Fsp3) is 0.556. The molecule has 3 rings (SSSR count). The Balaban J connectivity index is 1.63. The van der Waals surface area contributed by atoms with Crippen LogP contribution in [0.15, 0.2) is 17.5 Å². The SMILES string of the molecule is Cc1nc(C(C)C)sc1C(=O)N1CCC([C@@H](O)c2cccs2)CC1. The molecule has 0 aliphatic carbocycles. The van der Waals surface area contributed by atoms with Gasteiger partial charge in [0.25, 0.3) is 5.91 Å². The molecule has 4 nitrogen and oxygen atoms in total. The van der Waals surface area contributed by atoms with Crippen LogP contribution >= 0.6 is 22.7 Å². The predicted octanol–water partition coefficient (Wildman–Crippen LogP) is 4.22. The first-order chi connectivity index (χ1) is 11.5. The van der Waals surface area contributed by atoms with E-state index in [4.69, 9.17) is 0 Å². The first-order valence-electron chi connectivity index (χ1n) is 8.45. The summed E-state index contributed by atoms with van der Waals surface area (Å²) in [5.74, 6) is 0.685. The van der Waals surface area contributed by atoms with Crippen LogP contribution in [-0.4, -0.2) is 34.0 Å². The molecule has 1 saturated heterocycles. The molecule has 0 radical (unpaired) electrons. The summed E-state index contributed by atoms with van der Waals surface area (Å²) in [6.07, 6.45) is 1.29. The number of aryl methyl sites for hydroxylation is 1. The molecule has 1 aliphatic rings. The van der Waals surface area contributed by atoms with Gasteiger partial charge in [0, 0.05) is 23.9 Å². The topological polar surface area (TPSA) is 53.4 Å². The van der Waals surface area contributed by atoms with Gasteiger partial charge >= 0.3 is 0 Å². The van der Waals surface area contributed by atoms with Crippen molar-refractivity contribution >= 4 is 28.6 Å². The highest BCUT2D eigenvalue weighted by atomic mass is 32.1. The number of thiazole rings is 1. The zero-order valence-electron chi connectivity index (χ0n) is 14.4. The van der Waals surface area contributed by atoms with Gasteiger partial charge in [0.15, 0.2) is 0 Å². The molecule has 0 spiro atoms. The predicted molar refractivity (Wildman–Crippen MR) is 98.8 cm³/mol. The van der Waals surface area contributed by atoms with Gasteiger partial charge in [-0.05, 0) is 37.1 Å². The Hall–Kier alpha value is -1.24. The zero-order chi connectivity index (χ0) is 17.3. The molecule has 0 unspecified atom stereocenters. The number of piperidine rings is 1. The lowest BCUT2D eigenvalue weighted by Gasteiger charge is -2.33. The van der Waals surface area contributed by atoms with Crippen molar-refractivity contribution in [3.8, 4) is 0 Å². The number of aromatic nitrogens is 1. The van der Waals surface area contributed by atoms with Crippen molar-refractivity contribution in [3.63, 3.8) is 0 Å². The molecule has 6 heteroatoms. The summed E-state index contributed by atoms with van der Waals surface area (Å²) in [6.45, 7) is 7.54. The third-order valence-corrected chi connectivity index (χ3v) is 7.00. The summed E-state index contributed by atoms with van der Waals surface area (Å²) in [5, 5.41) is 13.5. The molecule has 1 amide bonds. The van der Waals surface area contributed by atoms with Crippen LogP contribution in [0, 0.1) is 12.8 Å². The molecule has 3 heterocycles. The maximum Gasteiger partial charge on any atom is 0.265 e. The Labute approximate surface area is 151 Å². The summed E-state index contributed by atoms with van der Waals surface area (Å²) < 4.78 is 0. The number of nitrogens with zero attached hydrogens (tertiary/aromatic N) is 2. The van der Waals surface area contributed by atoms with Gasteiger partial charge in [-0.3, -0.25) is 4.79 Å². The maximum absolute atomic E-state index is 12.8. The molecule has 1 aliphatic heterocycles. The third-order valence-electron chi connectivity index (χ3n) is 4.61. The second-order valence-corrected chi connectivity index (χ2v) is 8.72. The lowest BCUT2D eigenvalue weighted by molar-refractivity contribution is 0.0476. The molecule has 0 aromatic carbocycles. The average molecular weight is 365 g/mol. The highest BCUT2D eigenvalue weighted by Gasteiger charge is 2.30. The van der Waals surface area contributed by atoms with Crippen LogP contribution in [0.5, 0.6) is 0 Å². The van der Waals surface area contributed by atoms with E-state index >= 15 is 0 Å². The molecule has 1 atom stereocenters. The van der Waals surface area contributed by atoms with E-state index in [9.17, 15) is 9.90 Å². The van der Waals surface area contributed by atoms with Crippen LogP contribution in [0.1, 0.15) is 64.0 Å². The largest absolute Gasteiger partial charge is 0.387 e. The van der Waals surface area contributed by atoms with Crippen molar-refractivity contribution in [1.82, 2.24) is 9.88 Å². The minimum absolute atomic E-state index is 0.0981. The maximum atomic E-state index is 12.8. The summed E-state index contributed by atoms with van der Waals surface area (Å²) >= 11 is 3.12. The minimum Gasteiger partial charge on any atom is -0.387 e. The van der Waals surface area contributed by atoms with E-state index < -0.39 is 6.10 Å². The first-order valence-corrected chi connectivity index (χ1v) is 10.1. The number of carbonyl (C=O) groups is 1. The number of amides is 1. The van der Waals surface area contributed by atoms with E-state index in [2.05, 4.69) is 18.8 Å². The van der Waals surface area contributed by atoms with Gasteiger partial charge in [-0.1, -0.05) is 19.9 Å². The molecule has 1 fully saturated rings. The van der Waals surface area contributed by atoms with E-state index in [0.717, 1.165) is 33.3 Å². The van der Waals surface area contributed by atoms with Crippen LogP contribution in [0.25, 0.3) is 0 Å². The molecular weight excluding hydrogens is 340 g/mol. The highest BCUT2D eigenvalue weighted by Crippen LogP contribution is 2.34. The molecule has 0 saturated carbocycles. The van der Waals surface area contributed by atoms with Gasteiger partial charge in [-0.2, -0.15) is 0 Å². The van der Waals surface area contributed by atoms with Crippen LogP contribution in [-0.2, 0) is 0 Å². The molecule has 24 heavy (non-hydrogen) atoms. The molecule has 2 aromatic rings. The Bertz CT molecular complexity index is 686. The fourth-order valence-corrected chi connectivity index (χ4v) is 4.96. The summed E-state index contributed by atoms with van der Waals surface area (Å²) in [7, 11) is 0. The summed E-state index contributed by atoms with van der Waals surface area (Å²) in [5.41, 5.74) is 0.842. The van der Waals surface area contributed by atoms with E-state index in [-0.39, 0.29) is 11.8 Å².